The first-order valence-corrected chi connectivity index (χ1v) is 8.51. The standard InChI is InChI=1S/C19H15FN4O2/c20-13-2-1-3-15-16(13)17(25)18-22-14-5-4-11(23-8-6-21-7-9-23)10-12(14)19(26)24(15)18/h1-5,10,21H,6-9H2. The van der Waals surface area contributed by atoms with Crippen molar-refractivity contribution in [2.45, 2.75) is 0 Å². The van der Waals surface area contributed by atoms with Gasteiger partial charge in [-0.2, -0.15) is 0 Å². The van der Waals surface area contributed by atoms with E-state index in [1.165, 1.54) is 16.7 Å². The third-order valence-electron chi connectivity index (χ3n) is 5.00. The summed E-state index contributed by atoms with van der Waals surface area (Å²) in [6.07, 6.45) is 0. The molecule has 0 spiro atoms. The number of hydrogen-bond donors (Lipinski definition) is 1. The lowest BCUT2D eigenvalue weighted by atomic mass is 10.1. The van der Waals surface area contributed by atoms with Gasteiger partial charge in [-0.05, 0) is 30.3 Å². The molecule has 3 heterocycles. The number of benzene rings is 2. The molecule has 1 fully saturated rings. The monoisotopic (exact) mass is 350 g/mol. The van der Waals surface area contributed by atoms with Crippen LogP contribution in [0.3, 0.4) is 0 Å². The number of rotatable bonds is 1. The lowest BCUT2D eigenvalue weighted by Gasteiger charge is -2.29. The summed E-state index contributed by atoms with van der Waals surface area (Å²) in [7, 11) is 0. The minimum Gasteiger partial charge on any atom is -0.369 e. The van der Waals surface area contributed by atoms with Gasteiger partial charge in [0.15, 0.2) is 5.82 Å². The number of anilines is 1. The van der Waals surface area contributed by atoms with E-state index in [0.717, 1.165) is 31.9 Å². The normalized spacial score (nSPS) is 16.0. The predicted octanol–water partition coefficient (Wildman–Crippen LogP) is 1.48. The Balaban J connectivity index is 1.75. The largest absolute Gasteiger partial charge is 0.369 e. The van der Waals surface area contributed by atoms with Crippen LogP contribution in [0.25, 0.3) is 16.6 Å². The summed E-state index contributed by atoms with van der Waals surface area (Å²) in [6, 6.07) is 9.75. The zero-order chi connectivity index (χ0) is 17.8. The Morgan fingerprint density at radius 3 is 2.69 bits per heavy atom. The summed E-state index contributed by atoms with van der Waals surface area (Å²) in [5.41, 5.74) is 1.22. The first-order chi connectivity index (χ1) is 12.6. The highest BCUT2D eigenvalue weighted by Crippen LogP contribution is 2.29. The molecule has 2 aromatic carbocycles. The number of halogens is 1. The van der Waals surface area contributed by atoms with Gasteiger partial charge in [-0.15, -0.1) is 0 Å². The Bertz CT molecular complexity index is 1130. The van der Waals surface area contributed by atoms with E-state index in [9.17, 15) is 14.0 Å². The molecule has 2 aliphatic rings. The molecule has 26 heavy (non-hydrogen) atoms. The Labute approximate surface area is 147 Å². The number of carbonyl (C=O) groups excluding carboxylic acids is 1. The number of ketones is 1. The van der Waals surface area contributed by atoms with Crippen LogP contribution in [0.2, 0.25) is 0 Å². The Morgan fingerprint density at radius 2 is 1.88 bits per heavy atom. The molecule has 0 bridgehead atoms. The van der Waals surface area contributed by atoms with Crippen LogP contribution in [-0.4, -0.2) is 41.5 Å². The highest BCUT2D eigenvalue weighted by Gasteiger charge is 2.32. The van der Waals surface area contributed by atoms with E-state index in [0.29, 0.717) is 10.9 Å². The highest BCUT2D eigenvalue weighted by atomic mass is 19.1. The van der Waals surface area contributed by atoms with Crippen molar-refractivity contribution in [1.29, 1.82) is 0 Å². The summed E-state index contributed by atoms with van der Waals surface area (Å²) in [4.78, 5) is 32.2. The number of aromatic nitrogens is 2. The van der Waals surface area contributed by atoms with Gasteiger partial charge >= 0.3 is 0 Å². The molecule has 0 atom stereocenters. The van der Waals surface area contributed by atoms with Gasteiger partial charge in [0.25, 0.3) is 5.56 Å². The quantitative estimate of drug-likeness (QED) is 0.563. The smallest absolute Gasteiger partial charge is 0.266 e. The summed E-state index contributed by atoms with van der Waals surface area (Å²) in [6.45, 7) is 3.50. The minimum atomic E-state index is -0.636. The fourth-order valence-corrected chi connectivity index (χ4v) is 3.70. The van der Waals surface area contributed by atoms with Crippen LogP contribution < -0.4 is 15.8 Å². The molecule has 7 heteroatoms. The van der Waals surface area contributed by atoms with E-state index in [2.05, 4.69) is 15.2 Å². The lowest BCUT2D eigenvalue weighted by Crippen LogP contribution is -2.43. The first-order valence-electron chi connectivity index (χ1n) is 8.51. The van der Waals surface area contributed by atoms with Crippen molar-refractivity contribution in [2.75, 3.05) is 31.1 Å². The molecule has 0 aliphatic carbocycles. The lowest BCUT2D eigenvalue weighted by molar-refractivity contribution is 0.103. The van der Waals surface area contributed by atoms with Gasteiger partial charge in [0.1, 0.15) is 5.82 Å². The fourth-order valence-electron chi connectivity index (χ4n) is 3.70. The first kappa shape index (κ1) is 15.2. The van der Waals surface area contributed by atoms with Gasteiger partial charge in [0.05, 0.1) is 22.2 Å². The van der Waals surface area contributed by atoms with Crippen LogP contribution >= 0.6 is 0 Å². The molecule has 0 unspecified atom stereocenters. The van der Waals surface area contributed by atoms with Crippen LogP contribution in [0.1, 0.15) is 16.2 Å². The molecule has 1 saturated heterocycles. The number of nitrogens with one attached hydrogen (secondary N) is 1. The second kappa shape index (κ2) is 5.47. The van der Waals surface area contributed by atoms with Crippen LogP contribution in [0.4, 0.5) is 10.1 Å². The molecule has 0 saturated carbocycles. The summed E-state index contributed by atoms with van der Waals surface area (Å²) < 4.78 is 15.3. The van der Waals surface area contributed by atoms with E-state index >= 15 is 0 Å². The zero-order valence-electron chi connectivity index (χ0n) is 13.8. The third kappa shape index (κ3) is 2.04. The second-order valence-electron chi connectivity index (χ2n) is 6.48. The van der Waals surface area contributed by atoms with Crippen molar-refractivity contribution in [2.24, 2.45) is 0 Å². The van der Waals surface area contributed by atoms with Crippen LogP contribution in [-0.2, 0) is 0 Å². The van der Waals surface area contributed by atoms with Gasteiger partial charge < -0.3 is 10.2 Å². The Hall–Kier alpha value is -3.06. The second-order valence-corrected chi connectivity index (χ2v) is 6.48. The molecule has 2 aliphatic heterocycles. The van der Waals surface area contributed by atoms with E-state index in [1.807, 2.05) is 12.1 Å². The van der Waals surface area contributed by atoms with Crippen LogP contribution in [0.5, 0.6) is 0 Å². The number of piperazine rings is 1. The molecule has 0 amide bonds. The maximum absolute atomic E-state index is 14.1. The molecular weight excluding hydrogens is 335 g/mol. The van der Waals surface area contributed by atoms with E-state index in [4.69, 9.17) is 0 Å². The van der Waals surface area contributed by atoms with Gasteiger partial charge in [-0.25, -0.2) is 9.37 Å². The number of carbonyl (C=O) groups is 1. The van der Waals surface area contributed by atoms with Gasteiger partial charge in [-0.3, -0.25) is 14.2 Å². The number of nitrogens with zero attached hydrogens (tertiary/aromatic N) is 3. The van der Waals surface area contributed by atoms with Crippen molar-refractivity contribution in [3.05, 3.63) is 64.0 Å². The highest BCUT2D eigenvalue weighted by molar-refractivity contribution is 6.13. The topological polar surface area (TPSA) is 67.2 Å². The van der Waals surface area contributed by atoms with Gasteiger partial charge in [0, 0.05) is 31.9 Å². The molecule has 6 nitrogen and oxygen atoms in total. The van der Waals surface area contributed by atoms with Crippen LogP contribution in [0, 0.1) is 5.82 Å². The maximum atomic E-state index is 14.1. The van der Waals surface area contributed by atoms with Crippen molar-refractivity contribution in [3.8, 4) is 5.69 Å². The fraction of sp³-hybridized carbons (Fsp3) is 0.211. The number of fused-ring (bicyclic) bond motifs is 4. The van der Waals surface area contributed by atoms with Gasteiger partial charge in [0.2, 0.25) is 5.78 Å². The summed E-state index contributed by atoms with van der Waals surface area (Å²) in [5, 5.41) is 3.72. The SMILES string of the molecule is O=C1c2c(F)cccc2-n2c1nc1ccc(N3CCNCC3)cc1c2=O. The predicted molar refractivity (Wildman–Crippen MR) is 95.8 cm³/mol. The van der Waals surface area contributed by atoms with Crippen molar-refractivity contribution < 1.29 is 9.18 Å². The summed E-state index contributed by atoms with van der Waals surface area (Å²) in [5.74, 6) is -1.22. The average molecular weight is 350 g/mol. The van der Waals surface area contributed by atoms with Crippen molar-refractivity contribution in [3.63, 3.8) is 0 Å². The van der Waals surface area contributed by atoms with E-state index in [-0.39, 0.29) is 22.6 Å². The zero-order valence-corrected chi connectivity index (χ0v) is 13.8. The van der Waals surface area contributed by atoms with E-state index in [1.54, 1.807) is 12.1 Å². The van der Waals surface area contributed by atoms with Gasteiger partial charge in [-0.1, -0.05) is 6.07 Å². The Kier molecular flexibility index (Phi) is 3.20. The molecule has 5 rings (SSSR count). The molecular formula is C19H15FN4O2. The molecule has 1 N–H and O–H groups in total. The third-order valence-corrected chi connectivity index (χ3v) is 5.00. The minimum absolute atomic E-state index is 0.0301. The van der Waals surface area contributed by atoms with Crippen molar-refractivity contribution in [1.82, 2.24) is 14.9 Å². The molecule has 130 valence electrons. The number of hydrogen-bond acceptors (Lipinski definition) is 5. The van der Waals surface area contributed by atoms with Crippen LogP contribution in [0.15, 0.2) is 41.2 Å². The summed E-state index contributed by atoms with van der Waals surface area (Å²) >= 11 is 0. The van der Waals surface area contributed by atoms with E-state index < -0.39 is 11.6 Å². The Morgan fingerprint density at radius 1 is 1.08 bits per heavy atom. The average Bonchev–Trinajstić information content (AvgIpc) is 2.96. The molecule has 0 radical (unpaired) electrons. The van der Waals surface area contributed by atoms with Crippen molar-refractivity contribution >= 4 is 22.4 Å². The molecule has 3 aromatic rings. The molecule has 1 aromatic heterocycles. The maximum Gasteiger partial charge on any atom is 0.266 e.